The molecule has 0 spiro atoms. The normalized spacial score (nSPS) is 25.7. The molecule has 4 fully saturated rings. The van der Waals surface area contributed by atoms with Gasteiger partial charge in [-0.15, -0.1) is 0 Å². The lowest BCUT2D eigenvalue weighted by atomic mass is 10.0. The highest BCUT2D eigenvalue weighted by Gasteiger charge is 2.31. The Labute approximate surface area is 153 Å². The van der Waals surface area contributed by atoms with E-state index in [1.165, 1.54) is 25.9 Å². The molecule has 3 saturated heterocycles. The third kappa shape index (κ3) is 2.72. The Bertz CT molecular complexity index is 881. The van der Waals surface area contributed by atoms with Crippen LogP contribution in [0.1, 0.15) is 37.4 Å². The largest absolute Gasteiger partial charge is 0.395 e. The minimum Gasteiger partial charge on any atom is -0.395 e. The first kappa shape index (κ1) is 16.3. The molecule has 0 unspecified atom stereocenters. The van der Waals surface area contributed by atoms with Crippen LogP contribution in [0.4, 0.5) is 5.69 Å². The van der Waals surface area contributed by atoms with Crippen LogP contribution in [0.15, 0.2) is 23.0 Å². The summed E-state index contributed by atoms with van der Waals surface area (Å²) >= 11 is 0. The average molecular weight is 354 g/mol. The maximum absolute atomic E-state index is 13.1. The molecule has 1 aromatic carbocycles. The van der Waals surface area contributed by atoms with E-state index in [0.717, 1.165) is 43.0 Å². The van der Waals surface area contributed by atoms with Gasteiger partial charge >= 0.3 is 0 Å². The Morgan fingerprint density at radius 2 is 1.88 bits per heavy atom. The van der Waals surface area contributed by atoms with Gasteiger partial charge in [0.2, 0.25) is 0 Å². The maximum Gasteiger partial charge on any atom is 0.261 e. The third-order valence-corrected chi connectivity index (χ3v) is 6.22. The molecule has 3 aliphatic heterocycles. The molecule has 26 heavy (non-hydrogen) atoms. The topological polar surface area (TPSA) is 61.6 Å². The summed E-state index contributed by atoms with van der Waals surface area (Å²) in [5.74, 6) is 1.24. The van der Waals surface area contributed by atoms with Crippen molar-refractivity contribution < 1.29 is 5.11 Å². The Hall–Kier alpha value is -1.92. The highest BCUT2D eigenvalue weighted by molar-refractivity contribution is 5.82. The second-order valence-corrected chi connectivity index (χ2v) is 7.89. The number of aliphatic hydroxyl groups is 1. The van der Waals surface area contributed by atoms with E-state index in [0.29, 0.717) is 23.9 Å². The van der Waals surface area contributed by atoms with E-state index in [1.807, 2.05) is 12.1 Å². The zero-order valence-electron chi connectivity index (χ0n) is 15.1. The standard InChI is InChI=1S/C20H26N4O2/c25-12-11-24-19(14-1-2-14)21-18-4-3-16(13-17(18)20(24)26)23-10-9-22-7-5-15(23)6-8-22/h3-4,13-15,25H,1-2,5-12H2. The number of hydrogen-bond donors (Lipinski definition) is 1. The molecule has 2 bridgehead atoms. The zero-order chi connectivity index (χ0) is 17.7. The molecule has 4 heterocycles. The molecule has 0 atom stereocenters. The van der Waals surface area contributed by atoms with Crippen molar-refractivity contribution in [3.8, 4) is 0 Å². The van der Waals surface area contributed by atoms with Crippen LogP contribution in [0.3, 0.4) is 0 Å². The van der Waals surface area contributed by atoms with Gasteiger partial charge in [0, 0.05) is 43.8 Å². The molecule has 1 aliphatic carbocycles. The first-order valence-corrected chi connectivity index (χ1v) is 9.89. The Morgan fingerprint density at radius 1 is 1.08 bits per heavy atom. The first-order valence-electron chi connectivity index (χ1n) is 9.89. The molecule has 1 N–H and O–H groups in total. The fourth-order valence-electron chi connectivity index (χ4n) is 4.60. The number of rotatable bonds is 4. The predicted octanol–water partition coefficient (Wildman–Crippen LogP) is 1.55. The summed E-state index contributed by atoms with van der Waals surface area (Å²) in [6, 6.07) is 6.75. The number of piperidine rings is 1. The molecule has 0 amide bonds. The molecule has 6 rings (SSSR count). The molecular formula is C20H26N4O2. The van der Waals surface area contributed by atoms with E-state index in [2.05, 4.69) is 15.9 Å². The summed E-state index contributed by atoms with van der Waals surface area (Å²) < 4.78 is 1.70. The van der Waals surface area contributed by atoms with Crippen molar-refractivity contribution in [3.63, 3.8) is 0 Å². The van der Waals surface area contributed by atoms with Crippen LogP contribution in [-0.2, 0) is 6.54 Å². The van der Waals surface area contributed by atoms with E-state index in [1.54, 1.807) is 4.57 Å². The smallest absolute Gasteiger partial charge is 0.261 e. The van der Waals surface area contributed by atoms with E-state index in [-0.39, 0.29) is 12.2 Å². The molecular weight excluding hydrogens is 328 g/mol. The van der Waals surface area contributed by atoms with Crippen LogP contribution in [0.2, 0.25) is 0 Å². The van der Waals surface area contributed by atoms with Gasteiger partial charge in [-0.2, -0.15) is 0 Å². The highest BCUT2D eigenvalue weighted by atomic mass is 16.3. The van der Waals surface area contributed by atoms with E-state index < -0.39 is 0 Å². The first-order chi connectivity index (χ1) is 12.7. The monoisotopic (exact) mass is 354 g/mol. The van der Waals surface area contributed by atoms with Crippen LogP contribution >= 0.6 is 0 Å². The van der Waals surface area contributed by atoms with E-state index >= 15 is 0 Å². The molecule has 4 aliphatic rings. The lowest BCUT2D eigenvalue weighted by Crippen LogP contribution is -2.38. The van der Waals surface area contributed by atoms with Crippen molar-refractivity contribution in [1.82, 2.24) is 14.5 Å². The van der Waals surface area contributed by atoms with Crippen LogP contribution in [-0.4, -0.2) is 58.4 Å². The van der Waals surface area contributed by atoms with Gasteiger partial charge in [-0.1, -0.05) is 0 Å². The second kappa shape index (κ2) is 6.35. The highest BCUT2D eigenvalue weighted by Crippen LogP contribution is 2.39. The number of benzene rings is 1. The number of hydrogen-bond acceptors (Lipinski definition) is 5. The number of anilines is 1. The number of aromatic nitrogens is 2. The SMILES string of the molecule is O=c1c2cc(N3CCN4CCC3CC4)ccc2nc(C2CC2)n1CCO. The van der Waals surface area contributed by atoms with Crippen molar-refractivity contribution in [3.05, 3.63) is 34.4 Å². The molecule has 2 aromatic rings. The van der Waals surface area contributed by atoms with Gasteiger partial charge in [0.1, 0.15) is 5.82 Å². The summed E-state index contributed by atoms with van der Waals surface area (Å²) in [4.78, 5) is 22.9. The molecule has 1 aromatic heterocycles. The van der Waals surface area contributed by atoms with Gasteiger partial charge in [0.25, 0.3) is 5.56 Å². The Balaban J connectivity index is 1.59. The third-order valence-electron chi connectivity index (χ3n) is 6.22. The molecule has 138 valence electrons. The van der Waals surface area contributed by atoms with Gasteiger partial charge in [-0.3, -0.25) is 9.36 Å². The summed E-state index contributed by atoms with van der Waals surface area (Å²) in [6.07, 6.45) is 4.58. The molecule has 6 heteroatoms. The Morgan fingerprint density at radius 3 is 2.62 bits per heavy atom. The fraction of sp³-hybridized carbons (Fsp3) is 0.600. The van der Waals surface area contributed by atoms with Crippen LogP contribution in [0, 0.1) is 0 Å². The van der Waals surface area contributed by atoms with Gasteiger partial charge in [0.15, 0.2) is 0 Å². The van der Waals surface area contributed by atoms with Crippen molar-refractivity contribution in [2.75, 3.05) is 37.7 Å². The summed E-state index contributed by atoms with van der Waals surface area (Å²) in [5.41, 5.74) is 1.92. The quantitative estimate of drug-likeness (QED) is 0.903. The molecule has 6 nitrogen and oxygen atoms in total. The van der Waals surface area contributed by atoms with Crippen LogP contribution in [0.25, 0.3) is 10.9 Å². The second-order valence-electron chi connectivity index (χ2n) is 7.89. The van der Waals surface area contributed by atoms with Crippen molar-refractivity contribution in [2.24, 2.45) is 0 Å². The lowest BCUT2D eigenvalue weighted by molar-refractivity contribution is 0.250. The summed E-state index contributed by atoms with van der Waals surface area (Å²) in [6.45, 7) is 4.79. The van der Waals surface area contributed by atoms with E-state index in [9.17, 15) is 9.90 Å². The average Bonchev–Trinajstić information content (AvgIpc) is 3.52. The van der Waals surface area contributed by atoms with Crippen molar-refractivity contribution >= 4 is 16.6 Å². The fourth-order valence-corrected chi connectivity index (χ4v) is 4.60. The molecule has 0 radical (unpaired) electrons. The van der Waals surface area contributed by atoms with Crippen LogP contribution < -0.4 is 10.5 Å². The van der Waals surface area contributed by atoms with Crippen molar-refractivity contribution in [2.45, 2.75) is 44.2 Å². The minimum atomic E-state index is -0.0312. The van der Waals surface area contributed by atoms with Gasteiger partial charge < -0.3 is 14.9 Å². The summed E-state index contributed by atoms with van der Waals surface area (Å²) in [5, 5.41) is 10.1. The minimum absolute atomic E-state index is 0.00401. The van der Waals surface area contributed by atoms with Crippen LogP contribution in [0.5, 0.6) is 0 Å². The number of nitrogens with zero attached hydrogens (tertiary/aromatic N) is 4. The maximum atomic E-state index is 13.1. The van der Waals surface area contributed by atoms with E-state index in [4.69, 9.17) is 4.98 Å². The van der Waals surface area contributed by atoms with Crippen molar-refractivity contribution in [1.29, 1.82) is 0 Å². The zero-order valence-corrected chi connectivity index (χ0v) is 15.1. The summed E-state index contributed by atoms with van der Waals surface area (Å²) in [7, 11) is 0. The van der Waals surface area contributed by atoms with Gasteiger partial charge in [0.05, 0.1) is 24.1 Å². The van der Waals surface area contributed by atoms with Gasteiger partial charge in [-0.05, 0) is 43.9 Å². The Kier molecular flexibility index (Phi) is 3.98. The number of aliphatic hydroxyl groups excluding tert-OH is 1. The predicted molar refractivity (Wildman–Crippen MR) is 102 cm³/mol. The lowest BCUT2D eigenvalue weighted by Gasteiger charge is -2.33. The number of fused-ring (bicyclic) bond motifs is 5. The van der Waals surface area contributed by atoms with Gasteiger partial charge in [-0.25, -0.2) is 4.98 Å². The molecule has 1 saturated carbocycles.